The van der Waals surface area contributed by atoms with E-state index in [1.165, 1.54) is 0 Å². The van der Waals surface area contributed by atoms with Crippen LogP contribution in [0.5, 0.6) is 0 Å². The molecular weight excluding hydrogens is 256 g/mol. The van der Waals surface area contributed by atoms with Crippen molar-refractivity contribution in [3.05, 3.63) is 10.6 Å². The van der Waals surface area contributed by atoms with E-state index >= 15 is 0 Å². The van der Waals surface area contributed by atoms with Crippen molar-refractivity contribution in [3.63, 3.8) is 0 Å². The number of thiazole rings is 1. The SMILES string of the molecule is COC1(CNc2nc(C)c(C(=O)O)s2)CCOC1. The van der Waals surface area contributed by atoms with Gasteiger partial charge in [-0.3, -0.25) is 0 Å². The molecule has 100 valence electrons. The molecule has 1 aliphatic heterocycles. The third-order valence-electron chi connectivity index (χ3n) is 3.05. The second kappa shape index (κ2) is 5.21. The number of anilines is 1. The predicted molar refractivity (Wildman–Crippen MR) is 67.5 cm³/mol. The van der Waals surface area contributed by atoms with Crippen molar-refractivity contribution >= 4 is 22.4 Å². The number of nitrogens with zero attached hydrogens (tertiary/aromatic N) is 1. The van der Waals surface area contributed by atoms with Gasteiger partial charge in [-0.1, -0.05) is 11.3 Å². The maximum Gasteiger partial charge on any atom is 0.347 e. The van der Waals surface area contributed by atoms with Gasteiger partial charge < -0.3 is 19.9 Å². The van der Waals surface area contributed by atoms with E-state index in [1.54, 1.807) is 14.0 Å². The minimum atomic E-state index is -0.941. The summed E-state index contributed by atoms with van der Waals surface area (Å²) in [6.45, 7) is 3.49. The highest BCUT2D eigenvalue weighted by Crippen LogP contribution is 2.26. The third-order valence-corrected chi connectivity index (χ3v) is 4.16. The van der Waals surface area contributed by atoms with Gasteiger partial charge in [0.1, 0.15) is 10.5 Å². The molecule has 1 fully saturated rings. The quantitative estimate of drug-likeness (QED) is 0.842. The van der Waals surface area contributed by atoms with Crippen LogP contribution in [0.1, 0.15) is 21.8 Å². The van der Waals surface area contributed by atoms with Gasteiger partial charge in [-0.2, -0.15) is 0 Å². The highest BCUT2D eigenvalue weighted by atomic mass is 32.1. The van der Waals surface area contributed by atoms with E-state index in [4.69, 9.17) is 14.6 Å². The fourth-order valence-corrected chi connectivity index (χ4v) is 2.67. The molecule has 18 heavy (non-hydrogen) atoms. The summed E-state index contributed by atoms with van der Waals surface area (Å²) in [6.07, 6.45) is 0.826. The number of carbonyl (C=O) groups is 1. The minimum Gasteiger partial charge on any atom is -0.477 e. The summed E-state index contributed by atoms with van der Waals surface area (Å²) >= 11 is 1.14. The Morgan fingerprint density at radius 2 is 2.50 bits per heavy atom. The van der Waals surface area contributed by atoms with Crippen molar-refractivity contribution in [2.24, 2.45) is 0 Å². The molecule has 2 rings (SSSR count). The number of ether oxygens (including phenoxy) is 2. The van der Waals surface area contributed by atoms with Gasteiger partial charge in [0.25, 0.3) is 0 Å². The van der Waals surface area contributed by atoms with Crippen LogP contribution >= 0.6 is 11.3 Å². The standard InChI is InChI=1S/C11H16N2O4S/c1-7-8(9(14)15)18-10(13-7)12-5-11(16-2)3-4-17-6-11/h3-6H2,1-2H3,(H,12,13)(H,14,15). The van der Waals surface area contributed by atoms with E-state index in [0.717, 1.165) is 17.8 Å². The number of carboxylic acid groups (broad SMARTS) is 1. The van der Waals surface area contributed by atoms with Crippen molar-refractivity contribution < 1.29 is 19.4 Å². The zero-order valence-electron chi connectivity index (χ0n) is 10.4. The second-order valence-corrected chi connectivity index (χ2v) is 5.28. The van der Waals surface area contributed by atoms with Gasteiger partial charge in [0.05, 0.1) is 12.3 Å². The Morgan fingerprint density at radius 1 is 1.72 bits per heavy atom. The van der Waals surface area contributed by atoms with Gasteiger partial charge in [0, 0.05) is 26.7 Å². The molecular formula is C11H16N2O4S. The Bertz CT molecular complexity index is 440. The van der Waals surface area contributed by atoms with Crippen molar-refractivity contribution in [3.8, 4) is 0 Å². The van der Waals surface area contributed by atoms with Crippen molar-refractivity contribution in [1.82, 2.24) is 4.98 Å². The molecule has 0 aromatic carbocycles. The van der Waals surface area contributed by atoms with Gasteiger partial charge in [-0.05, 0) is 6.92 Å². The lowest BCUT2D eigenvalue weighted by atomic mass is 10.0. The third kappa shape index (κ3) is 2.63. The molecule has 2 N–H and O–H groups in total. The van der Waals surface area contributed by atoms with E-state index in [-0.39, 0.29) is 10.5 Å². The molecule has 1 saturated heterocycles. The van der Waals surface area contributed by atoms with Crippen LogP contribution in [0.15, 0.2) is 0 Å². The first-order chi connectivity index (χ1) is 8.56. The molecule has 7 heteroatoms. The summed E-state index contributed by atoms with van der Waals surface area (Å²) in [6, 6.07) is 0. The maximum atomic E-state index is 10.9. The molecule has 1 aliphatic rings. The minimum absolute atomic E-state index is 0.270. The van der Waals surface area contributed by atoms with Crippen LogP contribution in [0, 0.1) is 6.92 Å². The van der Waals surface area contributed by atoms with Crippen molar-refractivity contribution in [1.29, 1.82) is 0 Å². The molecule has 0 aliphatic carbocycles. The van der Waals surface area contributed by atoms with Gasteiger partial charge >= 0.3 is 5.97 Å². The van der Waals surface area contributed by atoms with Gasteiger partial charge in [-0.25, -0.2) is 9.78 Å². The van der Waals surface area contributed by atoms with Crippen LogP contribution in [-0.4, -0.2) is 48.5 Å². The summed E-state index contributed by atoms with van der Waals surface area (Å²) in [4.78, 5) is 15.4. The molecule has 1 atom stereocenters. The maximum absolute atomic E-state index is 10.9. The Morgan fingerprint density at radius 3 is 3.00 bits per heavy atom. The number of aromatic nitrogens is 1. The van der Waals surface area contributed by atoms with E-state index in [2.05, 4.69) is 10.3 Å². The van der Waals surface area contributed by atoms with Crippen molar-refractivity contribution in [2.75, 3.05) is 32.2 Å². The fourth-order valence-electron chi connectivity index (χ4n) is 1.87. The van der Waals surface area contributed by atoms with Crippen molar-refractivity contribution in [2.45, 2.75) is 18.9 Å². The molecule has 0 amide bonds. The highest BCUT2D eigenvalue weighted by Gasteiger charge is 2.35. The molecule has 0 bridgehead atoms. The topological polar surface area (TPSA) is 80.7 Å². The van der Waals surface area contributed by atoms with Gasteiger partial charge in [0.15, 0.2) is 5.13 Å². The number of methoxy groups -OCH3 is 1. The van der Waals surface area contributed by atoms with Gasteiger partial charge in [0.2, 0.25) is 0 Å². The Balaban J connectivity index is 2.01. The zero-order valence-corrected chi connectivity index (χ0v) is 11.2. The number of carboxylic acids is 1. The fraction of sp³-hybridized carbons (Fsp3) is 0.636. The molecule has 1 aromatic heterocycles. The lowest BCUT2D eigenvalue weighted by molar-refractivity contribution is -0.00620. The molecule has 1 unspecified atom stereocenters. The van der Waals surface area contributed by atoms with E-state index < -0.39 is 5.97 Å². The number of rotatable bonds is 5. The summed E-state index contributed by atoms with van der Waals surface area (Å²) in [5.41, 5.74) is 0.201. The van der Waals surface area contributed by atoms with Crippen LogP contribution in [0.25, 0.3) is 0 Å². The Kier molecular flexibility index (Phi) is 3.84. The highest BCUT2D eigenvalue weighted by molar-refractivity contribution is 7.17. The molecule has 0 saturated carbocycles. The first-order valence-electron chi connectivity index (χ1n) is 5.64. The normalized spacial score (nSPS) is 23.2. The average Bonchev–Trinajstić information content (AvgIpc) is 2.94. The first kappa shape index (κ1) is 13.3. The number of aromatic carboxylic acids is 1. The number of hydrogen-bond donors (Lipinski definition) is 2. The molecule has 0 radical (unpaired) electrons. The van der Waals surface area contributed by atoms with Crippen LogP contribution in [-0.2, 0) is 9.47 Å². The Hall–Kier alpha value is -1.18. The smallest absolute Gasteiger partial charge is 0.347 e. The number of aryl methyl sites for hydroxylation is 1. The average molecular weight is 272 g/mol. The van der Waals surface area contributed by atoms with E-state index in [0.29, 0.717) is 30.6 Å². The van der Waals surface area contributed by atoms with E-state index in [1.807, 2.05) is 0 Å². The zero-order chi connectivity index (χ0) is 13.2. The summed E-state index contributed by atoms with van der Waals surface area (Å²) < 4.78 is 10.8. The van der Waals surface area contributed by atoms with Crippen LogP contribution < -0.4 is 5.32 Å². The van der Waals surface area contributed by atoms with E-state index in [9.17, 15) is 4.79 Å². The Labute approximate surface area is 109 Å². The molecule has 0 spiro atoms. The van der Waals surface area contributed by atoms with Crippen LogP contribution in [0.2, 0.25) is 0 Å². The first-order valence-corrected chi connectivity index (χ1v) is 6.45. The van der Waals surface area contributed by atoms with Crippen LogP contribution in [0.3, 0.4) is 0 Å². The summed E-state index contributed by atoms with van der Waals surface area (Å²) in [5, 5.41) is 12.7. The van der Waals surface area contributed by atoms with Crippen LogP contribution in [0.4, 0.5) is 5.13 Å². The lowest BCUT2D eigenvalue weighted by Crippen LogP contribution is -2.39. The lowest BCUT2D eigenvalue weighted by Gasteiger charge is -2.25. The van der Waals surface area contributed by atoms with Gasteiger partial charge in [-0.15, -0.1) is 0 Å². The number of hydrogen-bond acceptors (Lipinski definition) is 6. The summed E-state index contributed by atoms with van der Waals surface area (Å²) in [5.74, 6) is -0.941. The summed E-state index contributed by atoms with van der Waals surface area (Å²) in [7, 11) is 1.66. The molecule has 2 heterocycles. The monoisotopic (exact) mass is 272 g/mol. The molecule has 1 aromatic rings. The number of nitrogens with one attached hydrogen (secondary N) is 1. The predicted octanol–water partition coefficient (Wildman–Crippen LogP) is 1.37. The largest absolute Gasteiger partial charge is 0.477 e. The second-order valence-electron chi connectivity index (χ2n) is 4.28. The molecule has 6 nitrogen and oxygen atoms in total.